The van der Waals surface area contributed by atoms with Crippen molar-refractivity contribution in [2.24, 2.45) is 0 Å². The molecule has 0 aliphatic carbocycles. The molecule has 66 valence electrons. The van der Waals surface area contributed by atoms with E-state index in [1.165, 1.54) is 5.56 Å². The van der Waals surface area contributed by atoms with Gasteiger partial charge >= 0.3 is 0 Å². The third kappa shape index (κ3) is 1.33. The number of hydrogen-bond donors (Lipinski definition) is 0. The van der Waals surface area contributed by atoms with Crippen molar-refractivity contribution in [2.75, 3.05) is 0 Å². The molecule has 0 aliphatic rings. The number of halogens is 1. The maximum absolute atomic E-state index is 4.32. The van der Waals surface area contributed by atoms with Gasteiger partial charge in [0.1, 0.15) is 0 Å². The number of fused-ring (bicyclic) bond motifs is 1. The van der Waals surface area contributed by atoms with E-state index in [4.69, 9.17) is 0 Å². The fourth-order valence-corrected chi connectivity index (χ4v) is 1.72. The van der Waals surface area contributed by atoms with Crippen LogP contribution in [0.2, 0.25) is 0 Å². The summed E-state index contributed by atoms with van der Waals surface area (Å²) in [4.78, 5) is 8.60. The summed E-state index contributed by atoms with van der Waals surface area (Å²) in [6.45, 7) is 4.03. The molecule has 2 nitrogen and oxygen atoms in total. The maximum Gasteiger partial charge on any atom is 0.0880 e. The van der Waals surface area contributed by atoms with E-state index in [1.54, 1.807) is 0 Å². The van der Waals surface area contributed by atoms with Crippen LogP contribution in [0.1, 0.15) is 11.3 Å². The summed E-state index contributed by atoms with van der Waals surface area (Å²) in [7, 11) is 0. The Balaban J connectivity index is 2.94. The zero-order valence-corrected chi connectivity index (χ0v) is 9.09. The molecular formula is C10H9BrN2. The van der Waals surface area contributed by atoms with Crippen molar-refractivity contribution in [3.8, 4) is 0 Å². The molecule has 0 bridgehead atoms. The van der Waals surface area contributed by atoms with Gasteiger partial charge in [0.2, 0.25) is 0 Å². The van der Waals surface area contributed by atoms with Gasteiger partial charge in [-0.1, -0.05) is 0 Å². The fraction of sp³-hybridized carbons (Fsp3) is 0.200. The van der Waals surface area contributed by atoms with Crippen LogP contribution in [-0.2, 0) is 0 Å². The summed E-state index contributed by atoms with van der Waals surface area (Å²) in [5, 5.41) is 1.11. The summed E-state index contributed by atoms with van der Waals surface area (Å²) in [6.07, 6.45) is 3.69. The molecule has 0 spiro atoms. The van der Waals surface area contributed by atoms with Crippen molar-refractivity contribution in [1.82, 2.24) is 9.97 Å². The topological polar surface area (TPSA) is 25.8 Å². The van der Waals surface area contributed by atoms with E-state index in [1.807, 2.05) is 25.4 Å². The monoisotopic (exact) mass is 236 g/mol. The Hall–Kier alpha value is -0.960. The van der Waals surface area contributed by atoms with Gasteiger partial charge in [-0.2, -0.15) is 0 Å². The Bertz CT molecular complexity index is 466. The van der Waals surface area contributed by atoms with E-state index in [0.717, 1.165) is 21.1 Å². The first-order chi connectivity index (χ1) is 6.20. The number of hydrogen-bond acceptors (Lipinski definition) is 2. The minimum atomic E-state index is 0.977. The first kappa shape index (κ1) is 8.63. The van der Waals surface area contributed by atoms with Crippen LogP contribution >= 0.6 is 15.9 Å². The van der Waals surface area contributed by atoms with Crippen molar-refractivity contribution in [3.05, 3.63) is 34.2 Å². The van der Waals surface area contributed by atoms with E-state index in [-0.39, 0.29) is 0 Å². The second kappa shape index (κ2) is 3.07. The van der Waals surface area contributed by atoms with Crippen LogP contribution in [0.15, 0.2) is 22.9 Å². The van der Waals surface area contributed by atoms with Gasteiger partial charge in [-0.15, -0.1) is 0 Å². The summed E-state index contributed by atoms with van der Waals surface area (Å²) in [5.41, 5.74) is 3.18. The fourth-order valence-electron chi connectivity index (χ4n) is 1.30. The zero-order chi connectivity index (χ0) is 9.42. The normalized spacial score (nSPS) is 10.7. The van der Waals surface area contributed by atoms with Gasteiger partial charge in [0, 0.05) is 17.8 Å². The van der Waals surface area contributed by atoms with Gasteiger partial charge in [-0.25, -0.2) is 0 Å². The van der Waals surface area contributed by atoms with Crippen LogP contribution in [0.25, 0.3) is 10.9 Å². The molecule has 13 heavy (non-hydrogen) atoms. The summed E-state index contributed by atoms with van der Waals surface area (Å²) in [6, 6.07) is 1.99. The number of aryl methyl sites for hydroxylation is 2. The standard InChI is InChI=1S/C10H9BrN2/c1-6-3-4-12-10-8(6)5-13-7(2)9(10)11/h3-5H,1-2H3. The summed E-state index contributed by atoms with van der Waals surface area (Å²) >= 11 is 3.49. The van der Waals surface area contributed by atoms with Crippen LogP contribution in [0, 0.1) is 13.8 Å². The molecular weight excluding hydrogens is 228 g/mol. The first-order valence-electron chi connectivity index (χ1n) is 4.06. The van der Waals surface area contributed by atoms with Crippen LogP contribution in [0.3, 0.4) is 0 Å². The van der Waals surface area contributed by atoms with Crippen molar-refractivity contribution < 1.29 is 0 Å². The smallest absolute Gasteiger partial charge is 0.0880 e. The highest BCUT2D eigenvalue weighted by Crippen LogP contribution is 2.25. The van der Waals surface area contributed by atoms with Gasteiger partial charge in [-0.05, 0) is 41.4 Å². The van der Waals surface area contributed by atoms with E-state index in [2.05, 4.69) is 32.8 Å². The Morgan fingerprint density at radius 1 is 1.23 bits per heavy atom. The molecule has 2 heterocycles. The third-order valence-electron chi connectivity index (χ3n) is 2.12. The van der Waals surface area contributed by atoms with Crippen LogP contribution < -0.4 is 0 Å². The molecule has 0 saturated carbocycles. The van der Waals surface area contributed by atoms with Crippen LogP contribution in [0.4, 0.5) is 0 Å². The van der Waals surface area contributed by atoms with E-state index >= 15 is 0 Å². The summed E-state index contributed by atoms with van der Waals surface area (Å²) < 4.78 is 0.994. The minimum absolute atomic E-state index is 0.977. The number of aromatic nitrogens is 2. The highest BCUT2D eigenvalue weighted by Gasteiger charge is 2.04. The largest absolute Gasteiger partial charge is 0.260 e. The Kier molecular flexibility index (Phi) is 2.04. The molecule has 0 radical (unpaired) electrons. The molecule has 2 aromatic rings. The quantitative estimate of drug-likeness (QED) is 0.703. The van der Waals surface area contributed by atoms with Gasteiger partial charge < -0.3 is 0 Å². The van der Waals surface area contributed by atoms with Crippen molar-refractivity contribution in [1.29, 1.82) is 0 Å². The lowest BCUT2D eigenvalue weighted by Gasteiger charge is -2.03. The van der Waals surface area contributed by atoms with Gasteiger partial charge in [0.05, 0.1) is 15.7 Å². The lowest BCUT2D eigenvalue weighted by atomic mass is 10.1. The van der Waals surface area contributed by atoms with Gasteiger partial charge in [0.25, 0.3) is 0 Å². The molecule has 0 aromatic carbocycles. The highest BCUT2D eigenvalue weighted by molar-refractivity contribution is 9.10. The van der Waals surface area contributed by atoms with E-state index in [0.29, 0.717) is 0 Å². The predicted molar refractivity (Wildman–Crippen MR) is 56.7 cm³/mol. The molecule has 0 unspecified atom stereocenters. The molecule has 2 aromatic heterocycles. The Labute approximate surface area is 85.1 Å². The molecule has 0 N–H and O–H groups in total. The zero-order valence-electron chi connectivity index (χ0n) is 7.50. The Morgan fingerprint density at radius 3 is 2.77 bits per heavy atom. The second-order valence-electron chi connectivity index (χ2n) is 3.05. The molecule has 0 amide bonds. The van der Waals surface area contributed by atoms with Crippen molar-refractivity contribution in [3.63, 3.8) is 0 Å². The third-order valence-corrected chi connectivity index (χ3v) is 3.07. The van der Waals surface area contributed by atoms with Crippen molar-refractivity contribution in [2.45, 2.75) is 13.8 Å². The van der Waals surface area contributed by atoms with Gasteiger partial charge in [0.15, 0.2) is 0 Å². The van der Waals surface area contributed by atoms with E-state index in [9.17, 15) is 0 Å². The number of rotatable bonds is 0. The lowest BCUT2D eigenvalue weighted by Crippen LogP contribution is -1.89. The molecule has 0 aliphatic heterocycles. The minimum Gasteiger partial charge on any atom is -0.260 e. The lowest BCUT2D eigenvalue weighted by molar-refractivity contribution is 1.18. The van der Waals surface area contributed by atoms with Crippen LogP contribution in [-0.4, -0.2) is 9.97 Å². The van der Waals surface area contributed by atoms with Gasteiger partial charge in [-0.3, -0.25) is 9.97 Å². The van der Waals surface area contributed by atoms with Crippen molar-refractivity contribution >= 4 is 26.8 Å². The number of nitrogens with zero attached hydrogens (tertiary/aromatic N) is 2. The molecule has 3 heteroatoms. The molecule has 0 atom stereocenters. The summed E-state index contributed by atoms with van der Waals surface area (Å²) in [5.74, 6) is 0. The average Bonchev–Trinajstić information content (AvgIpc) is 2.12. The average molecular weight is 237 g/mol. The second-order valence-corrected chi connectivity index (χ2v) is 3.84. The van der Waals surface area contributed by atoms with E-state index < -0.39 is 0 Å². The predicted octanol–water partition coefficient (Wildman–Crippen LogP) is 3.01. The SMILES string of the molecule is Cc1ncc2c(C)ccnc2c1Br. The highest BCUT2D eigenvalue weighted by atomic mass is 79.9. The number of pyridine rings is 2. The first-order valence-corrected chi connectivity index (χ1v) is 4.86. The molecule has 0 fully saturated rings. The molecule has 0 saturated heterocycles. The Morgan fingerprint density at radius 2 is 2.00 bits per heavy atom. The van der Waals surface area contributed by atoms with Crippen LogP contribution in [0.5, 0.6) is 0 Å². The maximum atomic E-state index is 4.32. The molecule has 2 rings (SSSR count).